The molecule has 3 rings (SSSR count). The van der Waals surface area contributed by atoms with Crippen LogP contribution in [0.4, 0.5) is 5.69 Å². The van der Waals surface area contributed by atoms with Crippen LogP contribution >= 0.6 is 11.8 Å². The van der Waals surface area contributed by atoms with Crippen LogP contribution in [0.15, 0.2) is 58.6 Å². The first kappa shape index (κ1) is 25.7. The lowest BCUT2D eigenvalue weighted by atomic mass is 10.2. The van der Waals surface area contributed by atoms with E-state index in [0.717, 1.165) is 11.3 Å². The summed E-state index contributed by atoms with van der Waals surface area (Å²) in [5.41, 5.74) is 1.44. The van der Waals surface area contributed by atoms with Gasteiger partial charge in [-0.25, -0.2) is 8.42 Å². The molecule has 0 aliphatic rings. The summed E-state index contributed by atoms with van der Waals surface area (Å²) in [6.45, 7) is 7.03. The molecule has 0 aliphatic heterocycles. The van der Waals surface area contributed by atoms with Gasteiger partial charge in [0.25, 0.3) is 0 Å². The Morgan fingerprint density at radius 2 is 1.68 bits per heavy atom. The number of hydrogen-bond acceptors (Lipinski definition) is 7. The number of amides is 1. The Morgan fingerprint density at radius 1 is 1.03 bits per heavy atom. The fraction of sp³-hybridized carbons (Fsp3) is 0.348. The van der Waals surface area contributed by atoms with Crippen molar-refractivity contribution in [3.8, 4) is 17.1 Å². The van der Waals surface area contributed by atoms with Crippen LogP contribution in [0.5, 0.6) is 5.75 Å². The predicted molar refractivity (Wildman–Crippen MR) is 134 cm³/mol. The molecule has 0 aliphatic carbocycles. The maximum Gasteiger partial charge on any atom is 0.243 e. The molecule has 1 aromatic heterocycles. The largest absolute Gasteiger partial charge is 0.497 e. The van der Waals surface area contributed by atoms with Gasteiger partial charge in [-0.3, -0.25) is 4.79 Å². The van der Waals surface area contributed by atoms with Crippen LogP contribution in [0.3, 0.4) is 0 Å². The minimum Gasteiger partial charge on any atom is -0.497 e. The molecule has 11 heteroatoms. The zero-order valence-corrected chi connectivity index (χ0v) is 21.3. The van der Waals surface area contributed by atoms with E-state index in [1.54, 1.807) is 55.6 Å². The van der Waals surface area contributed by atoms with Crippen LogP contribution in [-0.2, 0) is 21.4 Å². The summed E-state index contributed by atoms with van der Waals surface area (Å²) in [6, 6.07) is 13.8. The Labute approximate surface area is 204 Å². The highest BCUT2D eigenvalue weighted by atomic mass is 32.2. The number of benzene rings is 2. The summed E-state index contributed by atoms with van der Waals surface area (Å²) in [7, 11) is -1.94. The number of aromatic nitrogens is 3. The number of sulfonamides is 1. The summed E-state index contributed by atoms with van der Waals surface area (Å²) >= 11 is 1.29. The summed E-state index contributed by atoms with van der Waals surface area (Å²) in [6.07, 6.45) is 0. The number of carbonyl (C=O) groups is 1. The van der Waals surface area contributed by atoms with Crippen LogP contribution in [0.25, 0.3) is 11.4 Å². The summed E-state index contributed by atoms with van der Waals surface area (Å²) in [5, 5.41) is 12.0. The third kappa shape index (κ3) is 5.78. The lowest BCUT2D eigenvalue weighted by Gasteiger charge is -2.18. The predicted octanol–water partition coefficient (Wildman–Crippen LogP) is 3.73. The number of ether oxygens (including phenoxy) is 1. The second kappa shape index (κ2) is 11.5. The molecule has 1 heterocycles. The van der Waals surface area contributed by atoms with Crippen molar-refractivity contribution in [1.82, 2.24) is 19.1 Å². The van der Waals surface area contributed by atoms with Crippen LogP contribution < -0.4 is 10.1 Å². The molecule has 0 spiro atoms. The average molecular weight is 504 g/mol. The quantitative estimate of drug-likeness (QED) is 0.397. The molecule has 0 unspecified atom stereocenters. The molecule has 9 nitrogen and oxygen atoms in total. The monoisotopic (exact) mass is 503 g/mol. The number of nitrogens with one attached hydrogen (secondary N) is 1. The molecule has 0 saturated heterocycles. The van der Waals surface area contributed by atoms with Crippen molar-refractivity contribution in [2.75, 3.05) is 31.3 Å². The van der Waals surface area contributed by atoms with Gasteiger partial charge in [-0.2, -0.15) is 4.31 Å². The second-order valence-corrected chi connectivity index (χ2v) is 10.1. The molecule has 3 aromatic rings. The summed E-state index contributed by atoms with van der Waals surface area (Å²) in [4.78, 5) is 12.6. The van der Waals surface area contributed by atoms with Crippen LogP contribution in [0.2, 0.25) is 0 Å². The van der Waals surface area contributed by atoms with Gasteiger partial charge in [-0.05, 0) is 55.5 Å². The van der Waals surface area contributed by atoms with E-state index in [1.807, 2.05) is 25.3 Å². The Kier molecular flexibility index (Phi) is 8.70. The zero-order chi connectivity index (χ0) is 24.7. The van der Waals surface area contributed by atoms with Crippen molar-refractivity contribution >= 4 is 33.4 Å². The van der Waals surface area contributed by atoms with Crippen molar-refractivity contribution in [2.45, 2.75) is 37.4 Å². The lowest BCUT2D eigenvalue weighted by Crippen LogP contribution is -2.30. The van der Waals surface area contributed by atoms with Crippen molar-refractivity contribution in [3.05, 3.63) is 48.5 Å². The molecule has 0 atom stereocenters. The smallest absolute Gasteiger partial charge is 0.243 e. The lowest BCUT2D eigenvalue weighted by molar-refractivity contribution is -0.113. The van der Waals surface area contributed by atoms with Crippen LogP contribution in [0, 0.1) is 0 Å². The number of methoxy groups -OCH3 is 1. The van der Waals surface area contributed by atoms with E-state index in [1.165, 1.54) is 16.1 Å². The first-order chi connectivity index (χ1) is 16.3. The molecule has 34 heavy (non-hydrogen) atoms. The SMILES string of the molecule is CCN(CC)S(=O)(=O)c1ccc(-c2nnc(SCC(=O)Nc3ccc(OC)cc3)n2CC)cc1. The molecular formula is C23H29N5O4S2. The van der Waals surface area contributed by atoms with E-state index in [-0.39, 0.29) is 16.6 Å². The van der Waals surface area contributed by atoms with Gasteiger partial charge in [0.05, 0.1) is 17.8 Å². The van der Waals surface area contributed by atoms with Gasteiger partial charge in [0, 0.05) is 30.9 Å². The molecule has 1 amide bonds. The van der Waals surface area contributed by atoms with E-state index >= 15 is 0 Å². The van der Waals surface area contributed by atoms with Crippen molar-refractivity contribution in [3.63, 3.8) is 0 Å². The average Bonchev–Trinajstić information content (AvgIpc) is 3.27. The minimum absolute atomic E-state index is 0.159. The second-order valence-electron chi connectivity index (χ2n) is 7.23. The number of rotatable bonds is 11. The number of hydrogen-bond donors (Lipinski definition) is 1. The van der Waals surface area contributed by atoms with Gasteiger partial charge in [-0.1, -0.05) is 25.6 Å². The third-order valence-electron chi connectivity index (χ3n) is 5.19. The van der Waals surface area contributed by atoms with E-state index in [0.29, 0.717) is 36.3 Å². The molecule has 0 radical (unpaired) electrons. The fourth-order valence-electron chi connectivity index (χ4n) is 3.38. The number of nitrogens with zero attached hydrogens (tertiary/aromatic N) is 4. The molecule has 0 saturated carbocycles. The number of thioether (sulfide) groups is 1. The van der Waals surface area contributed by atoms with Gasteiger partial charge in [0.2, 0.25) is 15.9 Å². The Morgan fingerprint density at radius 3 is 2.24 bits per heavy atom. The number of carbonyl (C=O) groups excluding carboxylic acids is 1. The standard InChI is InChI=1S/C23H29N5O4S2/c1-5-27(6-2)34(30,31)20-14-8-17(9-15-20)22-25-26-23(28(22)7-3)33-16-21(29)24-18-10-12-19(32-4)13-11-18/h8-15H,5-7,16H2,1-4H3,(H,24,29). The Bertz CT molecular complexity index is 1210. The van der Waals surface area contributed by atoms with Crippen molar-refractivity contribution < 1.29 is 17.9 Å². The molecule has 0 bridgehead atoms. The third-order valence-corrected chi connectivity index (χ3v) is 8.23. The van der Waals surface area contributed by atoms with E-state index in [4.69, 9.17) is 4.74 Å². The minimum atomic E-state index is -3.52. The molecule has 2 aromatic carbocycles. The topological polar surface area (TPSA) is 106 Å². The first-order valence-electron chi connectivity index (χ1n) is 10.9. The Balaban J connectivity index is 1.70. The summed E-state index contributed by atoms with van der Waals surface area (Å²) in [5.74, 6) is 1.35. The van der Waals surface area contributed by atoms with Crippen LogP contribution in [0.1, 0.15) is 20.8 Å². The zero-order valence-electron chi connectivity index (χ0n) is 19.7. The van der Waals surface area contributed by atoms with E-state index in [9.17, 15) is 13.2 Å². The van der Waals surface area contributed by atoms with E-state index < -0.39 is 10.0 Å². The number of anilines is 1. The van der Waals surface area contributed by atoms with Gasteiger partial charge in [0.15, 0.2) is 11.0 Å². The highest BCUT2D eigenvalue weighted by Gasteiger charge is 2.22. The molecule has 182 valence electrons. The van der Waals surface area contributed by atoms with Gasteiger partial charge < -0.3 is 14.6 Å². The normalized spacial score (nSPS) is 11.6. The Hall–Kier alpha value is -2.89. The molecule has 1 N–H and O–H groups in total. The molecule has 0 fully saturated rings. The summed E-state index contributed by atoms with van der Waals surface area (Å²) < 4.78 is 33.9. The highest BCUT2D eigenvalue weighted by Crippen LogP contribution is 2.26. The molecular weight excluding hydrogens is 474 g/mol. The van der Waals surface area contributed by atoms with Gasteiger partial charge in [-0.15, -0.1) is 10.2 Å². The van der Waals surface area contributed by atoms with Gasteiger partial charge >= 0.3 is 0 Å². The van der Waals surface area contributed by atoms with Gasteiger partial charge in [0.1, 0.15) is 5.75 Å². The van der Waals surface area contributed by atoms with Crippen LogP contribution in [-0.4, -0.2) is 59.3 Å². The van der Waals surface area contributed by atoms with Crippen molar-refractivity contribution in [1.29, 1.82) is 0 Å². The van der Waals surface area contributed by atoms with E-state index in [2.05, 4.69) is 15.5 Å². The maximum absolute atomic E-state index is 12.7. The van der Waals surface area contributed by atoms with Crippen molar-refractivity contribution in [2.24, 2.45) is 0 Å². The fourth-order valence-corrected chi connectivity index (χ4v) is 5.64. The highest BCUT2D eigenvalue weighted by molar-refractivity contribution is 7.99. The maximum atomic E-state index is 12.7. The first-order valence-corrected chi connectivity index (χ1v) is 13.4.